The molecule has 584 valence electrons. The number of phosphoric acid groups is 2. The molecular formula is C81H148O17P2. The van der Waals surface area contributed by atoms with E-state index in [-0.39, 0.29) is 25.7 Å². The van der Waals surface area contributed by atoms with E-state index in [0.29, 0.717) is 25.7 Å². The smallest absolute Gasteiger partial charge is 0.462 e. The number of allylic oxidation sites excluding steroid dienone is 10. The topological polar surface area (TPSA) is 237 Å². The molecule has 0 amide bonds. The molecule has 3 N–H and O–H groups in total. The summed E-state index contributed by atoms with van der Waals surface area (Å²) in [5.41, 5.74) is 0. The normalized spacial score (nSPS) is 14.2. The summed E-state index contributed by atoms with van der Waals surface area (Å²) in [6.07, 6.45) is 73.4. The molecule has 0 saturated heterocycles. The van der Waals surface area contributed by atoms with Crippen molar-refractivity contribution in [1.29, 1.82) is 0 Å². The second-order valence-electron chi connectivity index (χ2n) is 27.4. The zero-order valence-electron chi connectivity index (χ0n) is 63.9. The number of ether oxygens (including phenoxy) is 4. The Morgan fingerprint density at radius 2 is 0.490 bits per heavy atom. The fourth-order valence-corrected chi connectivity index (χ4v) is 12.8. The first-order valence-electron chi connectivity index (χ1n) is 40.5. The summed E-state index contributed by atoms with van der Waals surface area (Å²) in [6, 6.07) is 0. The molecular weight excluding hydrogens is 1310 g/mol. The summed E-state index contributed by atoms with van der Waals surface area (Å²) in [6.45, 7) is 4.87. The van der Waals surface area contributed by atoms with Crippen molar-refractivity contribution in [2.45, 2.75) is 393 Å². The van der Waals surface area contributed by atoms with Crippen LogP contribution in [0.4, 0.5) is 0 Å². The Bertz CT molecular complexity index is 2130. The lowest BCUT2D eigenvalue weighted by Gasteiger charge is -2.21. The molecule has 0 heterocycles. The van der Waals surface area contributed by atoms with E-state index in [9.17, 15) is 43.2 Å². The fraction of sp³-hybridized carbons (Fsp3) is 0.827. The molecule has 0 rings (SSSR count). The molecule has 0 aromatic rings. The number of aliphatic hydroxyl groups is 1. The van der Waals surface area contributed by atoms with Crippen LogP contribution in [0.2, 0.25) is 0 Å². The van der Waals surface area contributed by atoms with Gasteiger partial charge in [-0.2, -0.15) is 0 Å². The maximum Gasteiger partial charge on any atom is 0.472 e. The van der Waals surface area contributed by atoms with E-state index in [4.69, 9.17) is 37.0 Å². The molecule has 0 radical (unpaired) electrons. The third-order valence-electron chi connectivity index (χ3n) is 17.5. The van der Waals surface area contributed by atoms with Crippen molar-refractivity contribution in [2.75, 3.05) is 39.6 Å². The van der Waals surface area contributed by atoms with Gasteiger partial charge in [-0.15, -0.1) is 0 Å². The van der Waals surface area contributed by atoms with Gasteiger partial charge in [-0.05, 0) is 116 Å². The van der Waals surface area contributed by atoms with Crippen molar-refractivity contribution >= 4 is 39.5 Å². The van der Waals surface area contributed by atoms with Crippen LogP contribution in [0.15, 0.2) is 60.8 Å². The second kappa shape index (κ2) is 74.0. The van der Waals surface area contributed by atoms with Gasteiger partial charge in [0, 0.05) is 25.7 Å². The van der Waals surface area contributed by atoms with Gasteiger partial charge in [-0.25, -0.2) is 9.13 Å². The Morgan fingerprint density at radius 1 is 0.280 bits per heavy atom. The number of aliphatic hydroxyl groups excluding tert-OH is 1. The molecule has 19 heteroatoms. The van der Waals surface area contributed by atoms with Crippen LogP contribution < -0.4 is 0 Å². The maximum atomic E-state index is 13.1. The van der Waals surface area contributed by atoms with Crippen molar-refractivity contribution in [3.8, 4) is 0 Å². The van der Waals surface area contributed by atoms with Gasteiger partial charge in [0.15, 0.2) is 12.2 Å². The Morgan fingerprint density at radius 3 is 0.780 bits per heavy atom. The van der Waals surface area contributed by atoms with E-state index in [1.165, 1.54) is 135 Å². The molecule has 0 bridgehead atoms. The first-order chi connectivity index (χ1) is 48.7. The molecule has 100 heavy (non-hydrogen) atoms. The predicted molar refractivity (Wildman–Crippen MR) is 409 cm³/mol. The molecule has 5 atom stereocenters. The Kier molecular flexibility index (Phi) is 71.6. The number of rotatable bonds is 77. The molecule has 0 spiro atoms. The largest absolute Gasteiger partial charge is 0.472 e. The zero-order chi connectivity index (χ0) is 73.2. The van der Waals surface area contributed by atoms with Crippen LogP contribution >= 0.6 is 15.6 Å². The van der Waals surface area contributed by atoms with Gasteiger partial charge in [0.2, 0.25) is 0 Å². The number of carbonyl (C=O) groups excluding carboxylic acids is 4. The van der Waals surface area contributed by atoms with Gasteiger partial charge in [0.1, 0.15) is 19.3 Å². The van der Waals surface area contributed by atoms with Crippen LogP contribution in [-0.2, 0) is 65.4 Å². The lowest BCUT2D eigenvalue weighted by atomic mass is 10.1. The molecule has 0 aromatic heterocycles. The first kappa shape index (κ1) is 96.8. The Balaban J connectivity index is 5.31. The van der Waals surface area contributed by atoms with Gasteiger partial charge < -0.3 is 33.8 Å². The van der Waals surface area contributed by atoms with Crippen molar-refractivity contribution in [2.24, 2.45) is 0 Å². The van der Waals surface area contributed by atoms with Crippen LogP contribution in [0.1, 0.15) is 374 Å². The average molecular weight is 1460 g/mol. The molecule has 0 aliphatic heterocycles. The fourth-order valence-electron chi connectivity index (χ4n) is 11.2. The monoisotopic (exact) mass is 1460 g/mol. The highest BCUT2D eigenvalue weighted by molar-refractivity contribution is 7.47. The Hall–Kier alpha value is -3.24. The third-order valence-corrected chi connectivity index (χ3v) is 19.4. The number of hydrogen-bond acceptors (Lipinski definition) is 15. The minimum Gasteiger partial charge on any atom is -0.462 e. The summed E-state index contributed by atoms with van der Waals surface area (Å²) >= 11 is 0. The minimum atomic E-state index is -4.97. The van der Waals surface area contributed by atoms with Crippen LogP contribution in [0.3, 0.4) is 0 Å². The number of esters is 4. The zero-order valence-corrected chi connectivity index (χ0v) is 65.7. The van der Waals surface area contributed by atoms with Crippen LogP contribution in [-0.4, -0.2) is 96.7 Å². The molecule has 0 aliphatic rings. The summed E-state index contributed by atoms with van der Waals surface area (Å²) in [7, 11) is -9.94. The number of phosphoric ester groups is 2. The van der Waals surface area contributed by atoms with Gasteiger partial charge in [-0.1, -0.05) is 294 Å². The first-order valence-corrected chi connectivity index (χ1v) is 43.5. The Labute approximate surface area is 610 Å². The van der Waals surface area contributed by atoms with Crippen molar-refractivity contribution in [3.63, 3.8) is 0 Å². The lowest BCUT2D eigenvalue weighted by molar-refractivity contribution is -0.161. The van der Waals surface area contributed by atoms with Crippen molar-refractivity contribution in [1.82, 2.24) is 0 Å². The van der Waals surface area contributed by atoms with Crippen LogP contribution in [0.25, 0.3) is 0 Å². The highest BCUT2D eigenvalue weighted by atomic mass is 31.2. The van der Waals surface area contributed by atoms with E-state index >= 15 is 0 Å². The van der Waals surface area contributed by atoms with Crippen LogP contribution in [0, 0.1) is 0 Å². The molecule has 17 nitrogen and oxygen atoms in total. The van der Waals surface area contributed by atoms with E-state index in [1.54, 1.807) is 0 Å². The molecule has 0 aromatic carbocycles. The molecule has 0 saturated carbocycles. The average Bonchev–Trinajstić information content (AvgIpc) is 0.985. The van der Waals surface area contributed by atoms with E-state index in [2.05, 4.69) is 88.5 Å². The second-order valence-corrected chi connectivity index (χ2v) is 30.3. The van der Waals surface area contributed by atoms with Crippen LogP contribution in [0.5, 0.6) is 0 Å². The van der Waals surface area contributed by atoms with Gasteiger partial charge in [0.05, 0.1) is 26.4 Å². The SMILES string of the molecule is CCCCC/C=C\C/C=C\C/C=C\CCCCCCCCC(=O)OCC(COP(=O)(O)OCC(O)COP(=O)(O)OCC(COC(=O)CCCCCCC/C=C\CCCCCCCC)OC(=O)CCCCCCCCCCCCC)OC(=O)CCCCCCC/C=C\CCCCCCCC. The highest BCUT2D eigenvalue weighted by Gasteiger charge is 2.30. The van der Waals surface area contributed by atoms with E-state index in [0.717, 1.165) is 161 Å². The third kappa shape index (κ3) is 73.1. The summed E-state index contributed by atoms with van der Waals surface area (Å²) in [5, 5.41) is 10.6. The molecule has 0 fully saturated rings. The summed E-state index contributed by atoms with van der Waals surface area (Å²) in [5.74, 6) is -2.17. The number of unbranched alkanes of at least 4 members (excludes halogenated alkanes) is 41. The quantitative estimate of drug-likeness (QED) is 0.0169. The molecule has 5 unspecified atom stereocenters. The lowest BCUT2D eigenvalue weighted by Crippen LogP contribution is -2.30. The summed E-state index contributed by atoms with van der Waals surface area (Å²) in [4.78, 5) is 72.9. The van der Waals surface area contributed by atoms with Gasteiger partial charge in [0.25, 0.3) is 0 Å². The van der Waals surface area contributed by atoms with Gasteiger partial charge >= 0.3 is 39.5 Å². The van der Waals surface area contributed by atoms with Gasteiger partial charge in [-0.3, -0.25) is 37.3 Å². The number of hydrogen-bond donors (Lipinski definition) is 3. The van der Waals surface area contributed by atoms with Crippen molar-refractivity contribution in [3.05, 3.63) is 60.8 Å². The predicted octanol–water partition coefficient (Wildman–Crippen LogP) is 23.5. The van der Waals surface area contributed by atoms with Crippen molar-refractivity contribution < 1.29 is 80.2 Å². The standard InChI is InChI=1S/C81H148O17P2/c1-5-9-13-17-21-25-29-32-35-36-37-38-41-43-47-50-54-58-62-66-79(84)92-72-77(98-81(86)68-64-60-56-52-48-44-40-34-31-27-23-19-15-11-7-3)74-96-100(89,90)94-70-75(82)69-93-99(87,88)95-73-76(97-80(85)67-63-59-55-51-45-28-24-20-16-12-8-4)71-91-78(83)65-61-57-53-49-46-42-39-33-30-26-22-18-14-10-6-2/h21,25,32-35,37-40,75-77,82H,5-20,22-24,26-31,36,41-74H2,1-4H3,(H,87,88)(H,89,90)/b25-21-,35-32-,38-37-,39-33-,40-34-. The number of carbonyl (C=O) groups is 4. The summed E-state index contributed by atoms with van der Waals surface area (Å²) < 4.78 is 68.6. The highest BCUT2D eigenvalue weighted by Crippen LogP contribution is 2.45. The maximum absolute atomic E-state index is 13.1. The molecule has 0 aliphatic carbocycles. The van der Waals surface area contributed by atoms with E-state index < -0.39 is 97.5 Å². The minimum absolute atomic E-state index is 0.0858. The van der Waals surface area contributed by atoms with E-state index in [1.807, 2.05) is 0 Å².